The van der Waals surface area contributed by atoms with Crippen molar-refractivity contribution in [2.45, 2.75) is 32.2 Å². The van der Waals surface area contributed by atoms with Gasteiger partial charge in [-0.15, -0.1) is 0 Å². The van der Waals surface area contributed by atoms with Crippen LogP contribution in [0.4, 0.5) is 39.8 Å². The molecule has 47 heavy (non-hydrogen) atoms. The van der Waals surface area contributed by atoms with Gasteiger partial charge in [-0.05, 0) is 55.5 Å². The predicted molar refractivity (Wildman–Crippen MR) is 166 cm³/mol. The van der Waals surface area contributed by atoms with Crippen LogP contribution in [0.5, 0.6) is 17.2 Å². The molecule has 0 spiro atoms. The fourth-order valence-electron chi connectivity index (χ4n) is 5.13. The van der Waals surface area contributed by atoms with Crippen LogP contribution in [0, 0.1) is 5.92 Å². The first kappa shape index (κ1) is 33.2. The van der Waals surface area contributed by atoms with E-state index in [1.807, 2.05) is 6.92 Å². The minimum Gasteiger partial charge on any atom is -0.485 e. The summed E-state index contributed by atoms with van der Waals surface area (Å²) in [5, 5.41) is 17.8. The van der Waals surface area contributed by atoms with Gasteiger partial charge in [-0.25, -0.2) is 9.59 Å². The van der Waals surface area contributed by atoms with Crippen LogP contribution in [0.25, 0.3) is 0 Å². The van der Waals surface area contributed by atoms with Crippen molar-refractivity contribution in [3.05, 3.63) is 71.8 Å². The maximum Gasteiger partial charge on any atom is 0.416 e. The van der Waals surface area contributed by atoms with Crippen molar-refractivity contribution in [1.29, 1.82) is 0 Å². The third kappa shape index (κ3) is 7.62. The summed E-state index contributed by atoms with van der Waals surface area (Å²) >= 11 is 0. The number of likely N-dealkylation sites (N-methyl/N-ethyl adjacent to an activating group) is 1. The molecule has 2 heterocycles. The van der Waals surface area contributed by atoms with Crippen molar-refractivity contribution in [1.82, 2.24) is 9.80 Å². The number of benzene rings is 3. The second-order valence-electron chi connectivity index (χ2n) is 11.3. The molecule has 15 heteroatoms. The normalized spacial score (nSPS) is 17.9. The fraction of sp³-hybridized carbons (Fsp3) is 0.344. The monoisotopic (exact) mass is 657 g/mol. The number of aliphatic hydroxyl groups excluding tert-OH is 1. The molecule has 3 atom stereocenters. The zero-order valence-corrected chi connectivity index (χ0v) is 25.8. The van der Waals surface area contributed by atoms with Gasteiger partial charge in [0.15, 0.2) is 17.2 Å². The van der Waals surface area contributed by atoms with E-state index in [-0.39, 0.29) is 55.1 Å². The number of fused-ring (bicyclic) bond motifs is 2. The van der Waals surface area contributed by atoms with Gasteiger partial charge in [-0.1, -0.05) is 13.0 Å². The number of hydrogen-bond donors (Lipinski definition) is 4. The molecule has 12 nitrogen and oxygen atoms in total. The molecule has 0 saturated carbocycles. The highest BCUT2D eigenvalue weighted by Crippen LogP contribution is 2.36. The van der Waals surface area contributed by atoms with E-state index < -0.39 is 41.9 Å². The van der Waals surface area contributed by atoms with Crippen molar-refractivity contribution < 1.29 is 46.9 Å². The molecule has 4 N–H and O–H groups in total. The SMILES string of the molecule is C[C@H]1CN([C@@H](C)CO)C(=O)c2cccc(NC(=O)Nc3ccc(C(F)(F)F)cc3)c2O[C@H]1CN(C)C(=O)Nc1ccc2c(c1)OCO2. The first-order chi connectivity index (χ1) is 22.3. The second-order valence-corrected chi connectivity index (χ2v) is 11.3. The van der Waals surface area contributed by atoms with Crippen molar-refractivity contribution in [3.8, 4) is 17.2 Å². The van der Waals surface area contributed by atoms with Gasteiger partial charge in [0.2, 0.25) is 6.79 Å². The van der Waals surface area contributed by atoms with Crippen molar-refractivity contribution in [2.24, 2.45) is 5.92 Å². The zero-order valence-electron chi connectivity index (χ0n) is 25.8. The van der Waals surface area contributed by atoms with E-state index >= 15 is 0 Å². The number of anilines is 3. The number of nitrogens with zero attached hydrogens (tertiary/aromatic N) is 2. The van der Waals surface area contributed by atoms with Gasteiger partial charge in [-0.3, -0.25) is 4.79 Å². The molecule has 2 aliphatic rings. The molecule has 5 rings (SSSR count). The largest absolute Gasteiger partial charge is 0.485 e. The van der Waals surface area contributed by atoms with Crippen molar-refractivity contribution in [3.63, 3.8) is 0 Å². The van der Waals surface area contributed by atoms with E-state index in [1.165, 1.54) is 21.9 Å². The summed E-state index contributed by atoms with van der Waals surface area (Å²) in [4.78, 5) is 42.8. The van der Waals surface area contributed by atoms with Crippen LogP contribution in [0.1, 0.15) is 29.8 Å². The van der Waals surface area contributed by atoms with E-state index in [0.717, 1.165) is 24.3 Å². The molecular formula is C32H34F3N5O7. The van der Waals surface area contributed by atoms with Gasteiger partial charge in [0.25, 0.3) is 5.91 Å². The first-order valence-corrected chi connectivity index (χ1v) is 14.7. The molecule has 0 unspecified atom stereocenters. The highest BCUT2D eigenvalue weighted by atomic mass is 19.4. The quantitative estimate of drug-likeness (QED) is 0.264. The van der Waals surface area contributed by atoms with Crippen LogP contribution in [0.15, 0.2) is 60.7 Å². The predicted octanol–water partition coefficient (Wildman–Crippen LogP) is 5.46. The Morgan fingerprint density at radius 3 is 2.43 bits per heavy atom. The molecule has 3 aromatic carbocycles. The molecule has 0 aliphatic carbocycles. The average molecular weight is 658 g/mol. The third-order valence-corrected chi connectivity index (χ3v) is 7.83. The number of rotatable bonds is 7. The maximum absolute atomic E-state index is 13.7. The van der Waals surface area contributed by atoms with E-state index in [1.54, 1.807) is 38.2 Å². The lowest BCUT2D eigenvalue weighted by atomic mass is 9.99. The Kier molecular flexibility index (Phi) is 9.65. The minimum absolute atomic E-state index is 0.0383. The van der Waals surface area contributed by atoms with Crippen molar-refractivity contribution in [2.75, 3.05) is 49.5 Å². The Balaban J connectivity index is 1.37. The van der Waals surface area contributed by atoms with Gasteiger partial charge < -0.3 is 45.1 Å². The Morgan fingerprint density at radius 2 is 1.72 bits per heavy atom. The number of para-hydroxylation sites is 1. The van der Waals surface area contributed by atoms with Crippen LogP contribution < -0.4 is 30.2 Å². The molecule has 0 fully saturated rings. The number of amides is 5. The summed E-state index contributed by atoms with van der Waals surface area (Å²) in [5.41, 5.74) is -0.0420. The van der Waals surface area contributed by atoms with E-state index in [4.69, 9.17) is 14.2 Å². The number of carbonyl (C=O) groups is 3. The fourth-order valence-corrected chi connectivity index (χ4v) is 5.13. The topological polar surface area (TPSA) is 142 Å². The molecule has 0 aromatic heterocycles. The van der Waals surface area contributed by atoms with E-state index in [9.17, 15) is 32.7 Å². The van der Waals surface area contributed by atoms with Gasteiger partial charge >= 0.3 is 18.2 Å². The highest BCUT2D eigenvalue weighted by Gasteiger charge is 2.35. The minimum atomic E-state index is -4.53. The number of halogens is 3. The van der Waals surface area contributed by atoms with Gasteiger partial charge in [0, 0.05) is 37.0 Å². The van der Waals surface area contributed by atoms with Crippen LogP contribution >= 0.6 is 0 Å². The van der Waals surface area contributed by atoms with Gasteiger partial charge in [-0.2, -0.15) is 13.2 Å². The first-order valence-electron chi connectivity index (χ1n) is 14.7. The number of carbonyl (C=O) groups excluding carboxylic acids is 3. The number of urea groups is 2. The molecule has 0 radical (unpaired) electrons. The lowest BCUT2D eigenvalue weighted by Gasteiger charge is -2.38. The number of ether oxygens (including phenoxy) is 3. The molecule has 250 valence electrons. The molecule has 2 aliphatic heterocycles. The summed E-state index contributed by atoms with van der Waals surface area (Å²) in [6.45, 7) is 3.61. The maximum atomic E-state index is 13.7. The summed E-state index contributed by atoms with van der Waals surface area (Å²) in [5.74, 6) is 0.324. The van der Waals surface area contributed by atoms with Crippen LogP contribution in [-0.2, 0) is 6.18 Å². The molecule has 5 amide bonds. The Labute approximate surface area is 268 Å². The number of aliphatic hydroxyl groups is 1. The lowest BCUT2D eigenvalue weighted by molar-refractivity contribution is -0.137. The van der Waals surface area contributed by atoms with E-state index in [0.29, 0.717) is 17.2 Å². The van der Waals surface area contributed by atoms with Crippen molar-refractivity contribution >= 4 is 35.0 Å². The summed E-state index contributed by atoms with van der Waals surface area (Å²) in [7, 11) is 1.58. The van der Waals surface area contributed by atoms with Gasteiger partial charge in [0.05, 0.1) is 36.0 Å². The Hall–Kier alpha value is -5.18. The average Bonchev–Trinajstić information content (AvgIpc) is 3.50. The standard InChI is InChI=1S/C32H34F3N5O7/c1-18-14-40(19(2)16-41)29(42)23-5-4-6-24(38-30(43)36-21-9-7-20(8-10-21)32(33,34)35)28(23)47-27(18)15-39(3)31(44)37-22-11-12-25-26(13-22)46-17-45-25/h4-13,18-19,27,41H,14-17H2,1-3H3,(H,37,44)(H2,36,38,43)/t18-,19-,27-/m0/s1. The molecular weight excluding hydrogens is 623 g/mol. The smallest absolute Gasteiger partial charge is 0.416 e. The Morgan fingerprint density at radius 1 is 1.02 bits per heavy atom. The van der Waals surface area contributed by atoms with Crippen LogP contribution in [0.3, 0.4) is 0 Å². The van der Waals surface area contributed by atoms with Crippen LogP contribution in [0.2, 0.25) is 0 Å². The summed E-state index contributed by atoms with van der Waals surface area (Å²) < 4.78 is 56.0. The third-order valence-electron chi connectivity index (χ3n) is 7.83. The molecule has 0 bridgehead atoms. The van der Waals surface area contributed by atoms with Crippen LogP contribution in [-0.4, -0.2) is 78.6 Å². The van der Waals surface area contributed by atoms with Gasteiger partial charge in [0.1, 0.15) is 6.10 Å². The summed E-state index contributed by atoms with van der Waals surface area (Å²) in [6.07, 6.45) is -5.22. The Bertz CT molecular complexity index is 1640. The number of alkyl halides is 3. The second kappa shape index (κ2) is 13.7. The summed E-state index contributed by atoms with van der Waals surface area (Å²) in [6, 6.07) is 11.7. The molecule has 0 saturated heterocycles. The molecule has 3 aromatic rings. The zero-order chi connectivity index (χ0) is 33.9. The number of hydrogen-bond acceptors (Lipinski definition) is 7. The lowest BCUT2D eigenvalue weighted by Crippen LogP contribution is -2.50. The highest BCUT2D eigenvalue weighted by molar-refractivity contribution is 6.04. The number of nitrogens with one attached hydrogen (secondary N) is 3. The van der Waals surface area contributed by atoms with E-state index in [2.05, 4.69) is 16.0 Å².